The summed E-state index contributed by atoms with van der Waals surface area (Å²) in [5, 5.41) is 4.01. The molecule has 0 fully saturated rings. The molecule has 3 aromatic carbocycles. The Morgan fingerprint density at radius 3 is 2.60 bits per heavy atom. The van der Waals surface area contributed by atoms with E-state index in [4.69, 9.17) is 39.5 Å². The minimum Gasteiger partial charge on any atom is -0.479 e. The Balaban J connectivity index is 1.53. The summed E-state index contributed by atoms with van der Waals surface area (Å²) in [5.74, 6) is 0.677. The summed E-state index contributed by atoms with van der Waals surface area (Å²) in [6, 6.07) is 17.9. The summed E-state index contributed by atoms with van der Waals surface area (Å²) in [6.07, 6.45) is -0.811. The third kappa shape index (κ3) is 4.38. The average molecular weight is 461 g/mol. The highest BCUT2D eigenvalue weighted by Crippen LogP contribution is 2.30. The molecule has 152 valence electrons. The van der Waals surface area contributed by atoms with Crippen LogP contribution < -0.4 is 10.1 Å². The van der Waals surface area contributed by atoms with Gasteiger partial charge in [-0.05, 0) is 55.5 Å². The summed E-state index contributed by atoms with van der Waals surface area (Å²) in [5.41, 5.74) is 3.03. The van der Waals surface area contributed by atoms with Gasteiger partial charge < -0.3 is 15.0 Å². The Morgan fingerprint density at radius 1 is 1.03 bits per heavy atom. The number of anilines is 1. The van der Waals surface area contributed by atoms with E-state index in [2.05, 4.69) is 15.3 Å². The highest BCUT2D eigenvalue weighted by atomic mass is 35.5. The van der Waals surface area contributed by atoms with Gasteiger partial charge in [-0.1, -0.05) is 46.9 Å². The second-order valence-electron chi connectivity index (χ2n) is 6.62. The van der Waals surface area contributed by atoms with Crippen LogP contribution in [0, 0.1) is 0 Å². The normalized spacial score (nSPS) is 12.0. The summed E-state index contributed by atoms with van der Waals surface area (Å²) in [4.78, 5) is 20.5. The fraction of sp³-hybridized carbons (Fsp3) is 0.0909. The first-order valence-corrected chi connectivity index (χ1v) is 10.2. The Kier molecular flexibility index (Phi) is 5.86. The summed E-state index contributed by atoms with van der Waals surface area (Å²) >= 11 is 18.3. The number of halogens is 3. The number of aromatic amines is 1. The number of hydrogen-bond acceptors (Lipinski definition) is 3. The monoisotopic (exact) mass is 459 g/mol. The van der Waals surface area contributed by atoms with Gasteiger partial charge in [-0.25, -0.2) is 4.98 Å². The molecule has 0 saturated heterocycles. The number of nitrogens with one attached hydrogen (secondary N) is 2. The van der Waals surface area contributed by atoms with Gasteiger partial charge in [-0.3, -0.25) is 4.79 Å². The van der Waals surface area contributed by atoms with Crippen LogP contribution in [-0.4, -0.2) is 22.0 Å². The molecule has 30 heavy (non-hydrogen) atoms. The molecule has 2 N–H and O–H groups in total. The van der Waals surface area contributed by atoms with Gasteiger partial charge in [0.05, 0.1) is 26.8 Å². The fourth-order valence-corrected chi connectivity index (χ4v) is 3.52. The molecule has 8 heteroatoms. The van der Waals surface area contributed by atoms with E-state index in [0.29, 0.717) is 32.3 Å². The van der Waals surface area contributed by atoms with Crippen LogP contribution in [0.2, 0.25) is 15.1 Å². The van der Waals surface area contributed by atoms with Gasteiger partial charge in [0.2, 0.25) is 0 Å². The molecule has 0 spiro atoms. The lowest BCUT2D eigenvalue weighted by atomic mass is 10.2. The molecular weight excluding hydrogens is 445 g/mol. The minimum absolute atomic E-state index is 0.326. The number of fused-ring (bicyclic) bond motifs is 1. The molecule has 5 nitrogen and oxygen atoms in total. The first kappa shape index (κ1) is 20.5. The van der Waals surface area contributed by atoms with Crippen LogP contribution in [-0.2, 0) is 4.79 Å². The van der Waals surface area contributed by atoms with E-state index in [1.807, 2.05) is 30.3 Å². The molecule has 1 amide bonds. The average Bonchev–Trinajstić information content (AvgIpc) is 3.16. The largest absolute Gasteiger partial charge is 0.479 e. The Labute approximate surface area is 187 Å². The molecule has 0 radical (unpaired) electrons. The minimum atomic E-state index is -0.811. The first-order chi connectivity index (χ1) is 14.4. The molecular formula is C22H16Cl3N3O2. The molecule has 4 aromatic rings. The lowest BCUT2D eigenvalue weighted by Crippen LogP contribution is -2.30. The molecule has 1 unspecified atom stereocenters. The third-order valence-corrected chi connectivity index (χ3v) is 5.31. The van der Waals surface area contributed by atoms with Crippen LogP contribution in [0.4, 0.5) is 5.69 Å². The van der Waals surface area contributed by atoms with E-state index < -0.39 is 6.10 Å². The van der Waals surface area contributed by atoms with Gasteiger partial charge in [-0.15, -0.1) is 0 Å². The number of amides is 1. The highest BCUT2D eigenvalue weighted by molar-refractivity contribution is 6.35. The van der Waals surface area contributed by atoms with Gasteiger partial charge in [0.1, 0.15) is 11.6 Å². The van der Waals surface area contributed by atoms with Crippen molar-refractivity contribution in [3.05, 3.63) is 75.7 Å². The van der Waals surface area contributed by atoms with Gasteiger partial charge in [0, 0.05) is 10.6 Å². The maximum absolute atomic E-state index is 12.6. The quantitative estimate of drug-likeness (QED) is 0.353. The maximum Gasteiger partial charge on any atom is 0.265 e. The van der Waals surface area contributed by atoms with Gasteiger partial charge in [-0.2, -0.15) is 0 Å². The number of imidazole rings is 1. The number of H-pyrrole nitrogens is 1. The molecule has 1 atom stereocenters. The van der Waals surface area contributed by atoms with E-state index in [0.717, 1.165) is 16.6 Å². The van der Waals surface area contributed by atoms with Crippen LogP contribution >= 0.6 is 34.8 Å². The number of aromatic nitrogens is 2. The molecule has 0 saturated carbocycles. The van der Waals surface area contributed by atoms with Crippen LogP contribution in [0.25, 0.3) is 22.4 Å². The lowest BCUT2D eigenvalue weighted by molar-refractivity contribution is -0.122. The number of carbonyl (C=O) groups is 1. The molecule has 0 bridgehead atoms. The van der Waals surface area contributed by atoms with Crippen molar-refractivity contribution in [2.75, 3.05) is 5.32 Å². The van der Waals surface area contributed by atoms with Crippen molar-refractivity contribution in [2.24, 2.45) is 0 Å². The van der Waals surface area contributed by atoms with Crippen LogP contribution in [0.5, 0.6) is 5.75 Å². The smallest absolute Gasteiger partial charge is 0.265 e. The standard InChI is InChI=1S/C22H16Cl3N3O2/c1-12(30-20-9-7-14(23)11-16(20)25)22(29)28-19-10-13(6-8-15(19)24)21-26-17-4-2-3-5-18(17)27-21/h2-12H,1H3,(H,26,27)(H,28,29). The number of benzene rings is 3. The van der Waals surface area contributed by atoms with Crippen molar-refractivity contribution in [2.45, 2.75) is 13.0 Å². The number of rotatable bonds is 5. The zero-order chi connectivity index (χ0) is 21.3. The van der Waals surface area contributed by atoms with E-state index in [-0.39, 0.29) is 5.91 Å². The number of para-hydroxylation sites is 2. The lowest BCUT2D eigenvalue weighted by Gasteiger charge is -2.16. The van der Waals surface area contributed by atoms with Crippen molar-refractivity contribution in [1.82, 2.24) is 9.97 Å². The predicted molar refractivity (Wildman–Crippen MR) is 122 cm³/mol. The third-order valence-electron chi connectivity index (χ3n) is 4.45. The Bertz CT molecular complexity index is 1210. The predicted octanol–water partition coefficient (Wildman–Crippen LogP) is 6.60. The van der Waals surface area contributed by atoms with Crippen molar-refractivity contribution >= 4 is 57.4 Å². The van der Waals surface area contributed by atoms with Crippen LogP contribution in [0.15, 0.2) is 60.7 Å². The van der Waals surface area contributed by atoms with E-state index in [9.17, 15) is 4.79 Å². The van der Waals surface area contributed by atoms with Crippen molar-refractivity contribution in [3.8, 4) is 17.1 Å². The summed E-state index contributed by atoms with van der Waals surface area (Å²) in [7, 11) is 0. The Hall–Kier alpha value is -2.73. The van der Waals surface area contributed by atoms with E-state index in [1.165, 1.54) is 0 Å². The molecule has 0 aliphatic carbocycles. The maximum atomic E-state index is 12.6. The number of hydrogen-bond donors (Lipinski definition) is 2. The van der Waals surface area contributed by atoms with E-state index in [1.54, 1.807) is 37.3 Å². The van der Waals surface area contributed by atoms with Crippen LogP contribution in [0.3, 0.4) is 0 Å². The summed E-state index contributed by atoms with van der Waals surface area (Å²) < 4.78 is 5.66. The van der Waals surface area contributed by atoms with Crippen molar-refractivity contribution in [1.29, 1.82) is 0 Å². The second kappa shape index (κ2) is 8.56. The SMILES string of the molecule is CC(Oc1ccc(Cl)cc1Cl)C(=O)Nc1cc(-c2nc3ccccc3[nH]2)ccc1Cl. The van der Waals surface area contributed by atoms with Gasteiger partial charge >= 0.3 is 0 Å². The molecule has 0 aliphatic heterocycles. The van der Waals surface area contributed by atoms with Crippen LogP contribution in [0.1, 0.15) is 6.92 Å². The van der Waals surface area contributed by atoms with Gasteiger partial charge in [0.25, 0.3) is 5.91 Å². The number of carbonyl (C=O) groups excluding carboxylic acids is 1. The topological polar surface area (TPSA) is 67.0 Å². The Morgan fingerprint density at radius 2 is 1.83 bits per heavy atom. The number of ether oxygens (including phenoxy) is 1. The molecule has 1 aromatic heterocycles. The number of nitrogens with zero attached hydrogens (tertiary/aromatic N) is 1. The zero-order valence-corrected chi connectivity index (χ0v) is 18.0. The van der Waals surface area contributed by atoms with E-state index >= 15 is 0 Å². The molecule has 0 aliphatic rings. The van der Waals surface area contributed by atoms with Gasteiger partial charge in [0.15, 0.2) is 6.10 Å². The highest BCUT2D eigenvalue weighted by Gasteiger charge is 2.18. The zero-order valence-electron chi connectivity index (χ0n) is 15.7. The molecule has 4 rings (SSSR count). The second-order valence-corrected chi connectivity index (χ2v) is 7.87. The molecule has 1 heterocycles. The van der Waals surface area contributed by atoms with Crippen molar-refractivity contribution in [3.63, 3.8) is 0 Å². The first-order valence-electron chi connectivity index (χ1n) is 9.08. The van der Waals surface area contributed by atoms with Crippen molar-refractivity contribution < 1.29 is 9.53 Å². The fourth-order valence-electron chi connectivity index (χ4n) is 2.91. The summed E-state index contributed by atoms with van der Waals surface area (Å²) in [6.45, 7) is 1.62.